The Bertz CT molecular complexity index is 1030. The van der Waals surface area contributed by atoms with Gasteiger partial charge in [0.1, 0.15) is 5.66 Å². The summed E-state index contributed by atoms with van der Waals surface area (Å²) in [6.45, 7) is 6.32. The fraction of sp³-hybridized carbons (Fsp3) is 0.400. The third-order valence-corrected chi connectivity index (χ3v) is 6.57. The standard InChI is InChI=1S/C25H29N3O3/c1-4-17-9-8-10-18(5-2)23(17)26-21(29)14-16-27-24(31)19-11-6-7-12-20(19)28-22(30)13-15-25(27,28)3/h6-12H,4-5,13-16H2,1-3H3,(H,26,29). The van der Waals surface area contributed by atoms with E-state index in [9.17, 15) is 14.4 Å². The van der Waals surface area contributed by atoms with Crippen LogP contribution >= 0.6 is 0 Å². The Morgan fingerprint density at radius 1 is 1.03 bits per heavy atom. The Hall–Kier alpha value is -3.15. The van der Waals surface area contributed by atoms with Crippen LogP contribution in [0.3, 0.4) is 0 Å². The predicted molar refractivity (Wildman–Crippen MR) is 121 cm³/mol. The first kappa shape index (κ1) is 21.1. The number of amides is 3. The highest BCUT2D eigenvalue weighted by molar-refractivity contribution is 6.10. The summed E-state index contributed by atoms with van der Waals surface area (Å²) in [7, 11) is 0. The van der Waals surface area contributed by atoms with E-state index >= 15 is 0 Å². The van der Waals surface area contributed by atoms with Crippen LogP contribution in [-0.4, -0.2) is 34.8 Å². The Kier molecular flexibility index (Phi) is 5.56. The van der Waals surface area contributed by atoms with Gasteiger partial charge in [-0.05, 0) is 49.4 Å². The van der Waals surface area contributed by atoms with Crippen LogP contribution in [0.25, 0.3) is 0 Å². The molecule has 0 bridgehead atoms. The lowest BCUT2D eigenvalue weighted by atomic mass is 9.98. The second-order valence-corrected chi connectivity index (χ2v) is 8.38. The number of hydrogen-bond acceptors (Lipinski definition) is 3. The van der Waals surface area contributed by atoms with Crippen LogP contribution < -0.4 is 10.2 Å². The summed E-state index contributed by atoms with van der Waals surface area (Å²) in [5.41, 5.74) is 3.55. The largest absolute Gasteiger partial charge is 0.326 e. The van der Waals surface area contributed by atoms with Gasteiger partial charge < -0.3 is 10.2 Å². The van der Waals surface area contributed by atoms with Crippen LogP contribution in [0, 0.1) is 0 Å². The van der Waals surface area contributed by atoms with Crippen molar-refractivity contribution in [3.63, 3.8) is 0 Å². The van der Waals surface area contributed by atoms with E-state index in [1.807, 2.05) is 37.3 Å². The van der Waals surface area contributed by atoms with E-state index in [1.54, 1.807) is 21.9 Å². The second kappa shape index (κ2) is 8.17. The van der Waals surface area contributed by atoms with Gasteiger partial charge in [-0.25, -0.2) is 0 Å². The summed E-state index contributed by atoms with van der Waals surface area (Å²) < 4.78 is 0. The van der Waals surface area contributed by atoms with Gasteiger partial charge in [0.15, 0.2) is 0 Å². The molecule has 0 aromatic heterocycles. The number of aryl methyl sites for hydroxylation is 2. The maximum atomic E-state index is 13.3. The van der Waals surface area contributed by atoms with Crippen molar-refractivity contribution >= 4 is 29.1 Å². The lowest BCUT2D eigenvalue weighted by Gasteiger charge is -2.48. The van der Waals surface area contributed by atoms with Crippen LogP contribution in [0.5, 0.6) is 0 Å². The van der Waals surface area contributed by atoms with Crippen molar-refractivity contribution in [1.29, 1.82) is 0 Å². The van der Waals surface area contributed by atoms with Crippen LogP contribution in [0.4, 0.5) is 11.4 Å². The number of anilines is 2. The number of rotatable bonds is 6. The average molecular weight is 420 g/mol. The van der Waals surface area contributed by atoms with Gasteiger partial charge >= 0.3 is 0 Å². The quantitative estimate of drug-likeness (QED) is 0.765. The molecule has 1 saturated heterocycles. The Morgan fingerprint density at radius 2 is 1.71 bits per heavy atom. The maximum Gasteiger partial charge on any atom is 0.257 e. The number of nitrogens with zero attached hydrogens (tertiary/aromatic N) is 2. The van der Waals surface area contributed by atoms with Gasteiger partial charge in [-0.15, -0.1) is 0 Å². The van der Waals surface area contributed by atoms with E-state index in [2.05, 4.69) is 19.2 Å². The van der Waals surface area contributed by atoms with Gasteiger partial charge in [0.25, 0.3) is 5.91 Å². The molecule has 0 spiro atoms. The average Bonchev–Trinajstić information content (AvgIpc) is 3.08. The number of nitrogens with one attached hydrogen (secondary N) is 1. The summed E-state index contributed by atoms with van der Waals surface area (Å²) in [5.74, 6) is -0.233. The molecule has 1 unspecified atom stereocenters. The molecule has 2 aliphatic rings. The highest BCUT2D eigenvalue weighted by Gasteiger charge is 2.52. The first-order valence-corrected chi connectivity index (χ1v) is 11.0. The molecule has 2 heterocycles. The monoisotopic (exact) mass is 419 g/mol. The number of carbonyl (C=O) groups excluding carboxylic acids is 3. The molecule has 6 nitrogen and oxygen atoms in total. The number of carbonyl (C=O) groups is 3. The van der Waals surface area contributed by atoms with Gasteiger partial charge in [0.05, 0.1) is 11.3 Å². The minimum atomic E-state index is -0.737. The summed E-state index contributed by atoms with van der Waals surface area (Å²) >= 11 is 0. The molecule has 0 radical (unpaired) electrons. The zero-order valence-corrected chi connectivity index (χ0v) is 18.4. The van der Waals surface area contributed by atoms with Crippen molar-refractivity contribution < 1.29 is 14.4 Å². The normalized spacial score (nSPS) is 20.0. The summed E-state index contributed by atoms with van der Waals surface area (Å²) in [6, 6.07) is 13.3. The molecule has 2 aliphatic heterocycles. The topological polar surface area (TPSA) is 69.7 Å². The molecule has 2 aromatic rings. The third kappa shape index (κ3) is 3.50. The Labute approximate surface area is 183 Å². The molecule has 0 saturated carbocycles. The number of hydrogen-bond donors (Lipinski definition) is 1. The van der Waals surface area contributed by atoms with E-state index in [0.29, 0.717) is 24.1 Å². The summed E-state index contributed by atoms with van der Waals surface area (Å²) in [5, 5.41) is 3.08. The number of benzene rings is 2. The van der Waals surface area contributed by atoms with Crippen molar-refractivity contribution in [3.8, 4) is 0 Å². The minimum Gasteiger partial charge on any atom is -0.326 e. The molecule has 1 fully saturated rings. The van der Waals surface area contributed by atoms with E-state index in [-0.39, 0.29) is 30.7 Å². The van der Waals surface area contributed by atoms with Gasteiger partial charge in [-0.2, -0.15) is 0 Å². The van der Waals surface area contributed by atoms with E-state index in [0.717, 1.165) is 29.7 Å². The van der Waals surface area contributed by atoms with Crippen molar-refractivity contribution in [1.82, 2.24) is 4.90 Å². The van der Waals surface area contributed by atoms with E-state index < -0.39 is 5.66 Å². The van der Waals surface area contributed by atoms with Crippen LogP contribution in [0.1, 0.15) is 61.5 Å². The molecule has 4 rings (SSSR count). The van der Waals surface area contributed by atoms with Crippen molar-refractivity contribution in [2.75, 3.05) is 16.8 Å². The van der Waals surface area contributed by atoms with Gasteiger partial charge in [0.2, 0.25) is 11.8 Å². The molecule has 1 atom stereocenters. The molecule has 2 aromatic carbocycles. The van der Waals surface area contributed by atoms with Crippen molar-refractivity contribution in [3.05, 3.63) is 59.2 Å². The van der Waals surface area contributed by atoms with Crippen molar-refractivity contribution in [2.24, 2.45) is 0 Å². The summed E-state index contributed by atoms with van der Waals surface area (Å²) in [4.78, 5) is 42.3. The minimum absolute atomic E-state index is 0.0152. The second-order valence-electron chi connectivity index (χ2n) is 8.38. The number of para-hydroxylation sites is 2. The van der Waals surface area contributed by atoms with E-state index in [1.165, 1.54) is 0 Å². The Morgan fingerprint density at radius 3 is 2.39 bits per heavy atom. The fourth-order valence-corrected chi connectivity index (χ4v) is 4.86. The van der Waals surface area contributed by atoms with E-state index in [4.69, 9.17) is 0 Å². The van der Waals surface area contributed by atoms with Gasteiger partial charge in [-0.3, -0.25) is 19.3 Å². The lowest BCUT2D eigenvalue weighted by molar-refractivity contribution is -0.117. The third-order valence-electron chi connectivity index (χ3n) is 6.57. The SMILES string of the molecule is CCc1cccc(CC)c1NC(=O)CCN1C(=O)c2ccccc2N2C(=O)CCC12C. The smallest absolute Gasteiger partial charge is 0.257 e. The molecule has 6 heteroatoms. The van der Waals surface area contributed by atoms with Crippen LogP contribution in [0.2, 0.25) is 0 Å². The lowest BCUT2D eigenvalue weighted by Crippen LogP contribution is -2.62. The first-order valence-electron chi connectivity index (χ1n) is 11.0. The molecule has 3 amide bonds. The zero-order valence-electron chi connectivity index (χ0n) is 18.4. The van der Waals surface area contributed by atoms with Crippen LogP contribution in [0.15, 0.2) is 42.5 Å². The zero-order chi connectivity index (χ0) is 22.2. The Balaban J connectivity index is 1.56. The first-order chi connectivity index (χ1) is 14.9. The molecular weight excluding hydrogens is 390 g/mol. The fourth-order valence-electron chi connectivity index (χ4n) is 4.86. The van der Waals surface area contributed by atoms with Crippen LogP contribution in [-0.2, 0) is 22.4 Å². The predicted octanol–water partition coefficient (Wildman–Crippen LogP) is 4.14. The molecule has 162 valence electrons. The maximum absolute atomic E-state index is 13.3. The molecule has 1 N–H and O–H groups in total. The van der Waals surface area contributed by atoms with Gasteiger partial charge in [-0.1, -0.05) is 44.2 Å². The van der Waals surface area contributed by atoms with Gasteiger partial charge in [0, 0.05) is 25.1 Å². The molecular formula is C25H29N3O3. The highest BCUT2D eigenvalue weighted by atomic mass is 16.2. The molecule has 0 aliphatic carbocycles. The summed E-state index contributed by atoms with van der Waals surface area (Å²) in [6.07, 6.45) is 2.80. The van der Waals surface area contributed by atoms with Crippen molar-refractivity contribution in [2.45, 2.75) is 58.5 Å². The number of fused-ring (bicyclic) bond motifs is 3. The molecule has 31 heavy (non-hydrogen) atoms. The highest BCUT2D eigenvalue weighted by Crippen LogP contribution is 2.44.